The van der Waals surface area contributed by atoms with E-state index in [-0.39, 0.29) is 6.04 Å². The highest BCUT2D eigenvalue weighted by Gasteiger charge is 2.25. The molecule has 1 aliphatic heterocycles. The number of piperidine rings is 1. The second kappa shape index (κ2) is 5.94. The summed E-state index contributed by atoms with van der Waals surface area (Å²) in [5, 5.41) is 7.96. The van der Waals surface area contributed by atoms with Crippen molar-refractivity contribution >= 4 is 33.5 Å². The van der Waals surface area contributed by atoms with Crippen LogP contribution in [0.2, 0.25) is 5.02 Å². The molecular weight excluding hydrogens is 354 g/mol. The average Bonchev–Trinajstić information content (AvgIpc) is 2.94. The largest absolute Gasteiger partial charge is 0.338 e. The van der Waals surface area contributed by atoms with Gasteiger partial charge in [-0.25, -0.2) is 0 Å². The third kappa shape index (κ3) is 3.07. The van der Waals surface area contributed by atoms with Crippen LogP contribution in [0.3, 0.4) is 0 Å². The maximum absolute atomic E-state index is 6.14. The summed E-state index contributed by atoms with van der Waals surface area (Å²) >= 11 is 9.56. The van der Waals surface area contributed by atoms with E-state index in [1.54, 1.807) is 0 Å². The number of nitrogens with one attached hydrogen (secondary N) is 1. The Morgan fingerprint density at radius 2 is 2.29 bits per heavy atom. The van der Waals surface area contributed by atoms with Crippen molar-refractivity contribution in [3.63, 3.8) is 0 Å². The number of hydrogen-bond donors (Lipinski definition) is 2. The number of anilines is 1. The zero-order chi connectivity index (χ0) is 15.0. The van der Waals surface area contributed by atoms with Gasteiger partial charge in [0, 0.05) is 34.2 Å². The topological polar surface area (TPSA) is 70.8 Å². The highest BCUT2D eigenvalue weighted by Crippen LogP contribution is 2.30. The first-order valence-electron chi connectivity index (χ1n) is 6.93. The zero-order valence-electron chi connectivity index (χ0n) is 11.7. The molecule has 5 nitrogen and oxygen atoms in total. The summed E-state index contributed by atoms with van der Waals surface area (Å²) in [6.07, 6.45) is 1.06. The van der Waals surface area contributed by atoms with Crippen LogP contribution in [0, 0.1) is 5.92 Å². The average molecular weight is 371 g/mol. The molecule has 7 heteroatoms. The Balaban J connectivity index is 1.85. The Hall–Kier alpha value is -1.11. The zero-order valence-corrected chi connectivity index (χ0v) is 14.0. The van der Waals surface area contributed by atoms with E-state index in [4.69, 9.17) is 17.3 Å². The second-order valence-corrected chi connectivity index (χ2v) is 6.77. The molecule has 1 fully saturated rings. The second-order valence-electron chi connectivity index (χ2n) is 5.48. The number of hydrogen-bond acceptors (Lipinski definition) is 4. The summed E-state index contributed by atoms with van der Waals surface area (Å²) in [5.74, 6) is 1.94. The van der Waals surface area contributed by atoms with Crippen molar-refractivity contribution in [3.8, 4) is 11.4 Å². The lowest BCUT2D eigenvalue weighted by molar-refractivity contribution is 0.376. The van der Waals surface area contributed by atoms with Gasteiger partial charge in [0.25, 0.3) is 0 Å². The van der Waals surface area contributed by atoms with Crippen molar-refractivity contribution in [2.24, 2.45) is 11.7 Å². The molecule has 1 aromatic carbocycles. The first-order chi connectivity index (χ1) is 10.0. The number of benzene rings is 1. The number of rotatable bonds is 2. The number of H-pyrrole nitrogens is 1. The fourth-order valence-electron chi connectivity index (χ4n) is 2.47. The van der Waals surface area contributed by atoms with Gasteiger partial charge in [0.1, 0.15) is 0 Å². The molecule has 2 atom stereocenters. The maximum atomic E-state index is 6.14. The molecule has 0 amide bonds. The normalized spacial score (nSPS) is 22.6. The minimum Gasteiger partial charge on any atom is -0.338 e. The van der Waals surface area contributed by atoms with Gasteiger partial charge >= 0.3 is 0 Å². The Kier molecular flexibility index (Phi) is 4.19. The van der Waals surface area contributed by atoms with Crippen LogP contribution >= 0.6 is 27.5 Å². The monoisotopic (exact) mass is 369 g/mol. The molecule has 1 aliphatic rings. The fraction of sp³-hybridized carbons (Fsp3) is 0.429. The molecule has 2 aromatic rings. The van der Waals surface area contributed by atoms with Crippen molar-refractivity contribution in [3.05, 3.63) is 27.7 Å². The summed E-state index contributed by atoms with van der Waals surface area (Å²) in [4.78, 5) is 6.71. The number of halogens is 2. The minimum atomic E-state index is 0.165. The van der Waals surface area contributed by atoms with Crippen molar-refractivity contribution in [2.75, 3.05) is 18.0 Å². The van der Waals surface area contributed by atoms with Crippen molar-refractivity contribution < 1.29 is 0 Å². The van der Waals surface area contributed by atoms with Crippen LogP contribution < -0.4 is 10.6 Å². The molecule has 2 heterocycles. The molecule has 0 radical (unpaired) electrons. The molecule has 3 N–H and O–H groups in total. The van der Waals surface area contributed by atoms with E-state index in [2.05, 4.69) is 42.9 Å². The molecule has 0 saturated carbocycles. The van der Waals surface area contributed by atoms with Crippen LogP contribution in [0.25, 0.3) is 11.4 Å². The molecule has 21 heavy (non-hydrogen) atoms. The lowest BCUT2D eigenvalue weighted by Crippen LogP contribution is -2.48. The van der Waals surface area contributed by atoms with Crippen LogP contribution in [-0.2, 0) is 0 Å². The van der Waals surface area contributed by atoms with Gasteiger partial charge in [-0.3, -0.25) is 5.10 Å². The number of aromatic amines is 1. The molecule has 0 aliphatic carbocycles. The Labute approximate surface area is 137 Å². The van der Waals surface area contributed by atoms with Crippen molar-refractivity contribution in [1.29, 1.82) is 0 Å². The van der Waals surface area contributed by atoms with Crippen molar-refractivity contribution in [1.82, 2.24) is 15.2 Å². The van der Waals surface area contributed by atoms with E-state index in [1.807, 2.05) is 18.2 Å². The Bertz CT molecular complexity index is 644. The van der Waals surface area contributed by atoms with Gasteiger partial charge in [0.15, 0.2) is 5.82 Å². The van der Waals surface area contributed by atoms with E-state index in [0.29, 0.717) is 22.7 Å². The van der Waals surface area contributed by atoms with Crippen LogP contribution in [0.1, 0.15) is 13.3 Å². The first kappa shape index (κ1) is 14.8. The summed E-state index contributed by atoms with van der Waals surface area (Å²) in [5.41, 5.74) is 7.03. The van der Waals surface area contributed by atoms with Gasteiger partial charge in [-0.1, -0.05) is 34.5 Å². The predicted molar refractivity (Wildman–Crippen MR) is 88.5 cm³/mol. The van der Waals surface area contributed by atoms with E-state index in [0.717, 1.165) is 29.5 Å². The summed E-state index contributed by atoms with van der Waals surface area (Å²) in [6.45, 7) is 3.91. The molecule has 0 spiro atoms. The van der Waals surface area contributed by atoms with E-state index < -0.39 is 0 Å². The number of aromatic nitrogens is 3. The third-order valence-electron chi connectivity index (χ3n) is 3.96. The highest BCUT2D eigenvalue weighted by atomic mass is 79.9. The third-order valence-corrected chi connectivity index (χ3v) is 4.88. The van der Waals surface area contributed by atoms with Gasteiger partial charge < -0.3 is 10.6 Å². The molecule has 1 aromatic heterocycles. The molecule has 1 saturated heterocycles. The van der Waals surface area contributed by atoms with Crippen molar-refractivity contribution in [2.45, 2.75) is 19.4 Å². The lowest BCUT2D eigenvalue weighted by atomic mass is 9.95. The van der Waals surface area contributed by atoms with Gasteiger partial charge in [0.05, 0.1) is 0 Å². The van der Waals surface area contributed by atoms with Gasteiger partial charge in [-0.2, -0.15) is 4.98 Å². The molecule has 112 valence electrons. The quantitative estimate of drug-likeness (QED) is 0.852. The summed E-state index contributed by atoms with van der Waals surface area (Å²) < 4.78 is 0.929. The summed E-state index contributed by atoms with van der Waals surface area (Å²) in [6, 6.07) is 5.76. The van der Waals surface area contributed by atoms with E-state index >= 15 is 0 Å². The smallest absolute Gasteiger partial charge is 0.245 e. The van der Waals surface area contributed by atoms with Crippen LogP contribution in [0.4, 0.5) is 5.95 Å². The van der Waals surface area contributed by atoms with Gasteiger partial charge in [-0.05, 0) is 30.5 Å². The van der Waals surface area contributed by atoms with Gasteiger partial charge in [0.2, 0.25) is 5.95 Å². The first-order valence-corrected chi connectivity index (χ1v) is 8.10. The number of nitrogens with zero attached hydrogens (tertiary/aromatic N) is 3. The summed E-state index contributed by atoms with van der Waals surface area (Å²) in [7, 11) is 0. The molecular formula is C14H17BrClN5. The maximum Gasteiger partial charge on any atom is 0.245 e. The number of nitrogens with two attached hydrogens (primary N) is 1. The minimum absolute atomic E-state index is 0.165. The molecule has 0 bridgehead atoms. The molecule has 3 rings (SSSR count). The van der Waals surface area contributed by atoms with E-state index in [9.17, 15) is 0 Å². The van der Waals surface area contributed by atoms with E-state index in [1.165, 1.54) is 0 Å². The predicted octanol–water partition coefficient (Wildman–Crippen LogP) is 3.06. The van der Waals surface area contributed by atoms with Crippen LogP contribution in [0.5, 0.6) is 0 Å². The molecule has 2 unspecified atom stereocenters. The van der Waals surface area contributed by atoms with Crippen LogP contribution in [-0.4, -0.2) is 34.3 Å². The van der Waals surface area contributed by atoms with Crippen LogP contribution in [0.15, 0.2) is 22.7 Å². The SMILES string of the molecule is CC1CCN(c2n[nH]c(-c3cc(Cl)ccc3Br)n2)CC1N. The lowest BCUT2D eigenvalue weighted by Gasteiger charge is -2.34. The van der Waals surface area contributed by atoms with Gasteiger partial charge in [-0.15, -0.1) is 5.10 Å². The standard InChI is InChI=1S/C14H17BrClN5/c1-8-4-5-21(7-12(8)17)14-18-13(19-20-14)10-6-9(16)2-3-11(10)15/h2-3,6,8,12H,4-5,7,17H2,1H3,(H,18,19,20). The Morgan fingerprint density at radius 3 is 3.05 bits per heavy atom. The Morgan fingerprint density at radius 1 is 1.48 bits per heavy atom. The highest BCUT2D eigenvalue weighted by molar-refractivity contribution is 9.10. The fourth-order valence-corrected chi connectivity index (χ4v) is 3.08.